The van der Waals surface area contributed by atoms with E-state index in [0.29, 0.717) is 0 Å². The SMILES string of the molecule is C[C@@H]1CC12CCCNC2. The molecule has 1 N–H and O–H groups in total. The highest BCUT2D eigenvalue weighted by molar-refractivity contribution is 5.02. The molecule has 1 heterocycles. The van der Waals surface area contributed by atoms with Crippen molar-refractivity contribution in [1.29, 1.82) is 0 Å². The molecule has 1 aliphatic heterocycles. The van der Waals surface area contributed by atoms with Crippen LogP contribution in [-0.4, -0.2) is 13.1 Å². The number of nitrogens with one attached hydrogen (secondary N) is 1. The van der Waals surface area contributed by atoms with Crippen LogP contribution in [0.25, 0.3) is 0 Å². The summed E-state index contributed by atoms with van der Waals surface area (Å²) in [4.78, 5) is 0. The summed E-state index contributed by atoms with van der Waals surface area (Å²) in [5.74, 6) is 1.02. The third kappa shape index (κ3) is 0.787. The standard InChI is InChI=1S/C8H15N/c1-7-5-8(7)3-2-4-9-6-8/h7,9H,2-6H2,1H3/t7-,8?/m1/s1. The van der Waals surface area contributed by atoms with Crippen LogP contribution in [-0.2, 0) is 0 Å². The van der Waals surface area contributed by atoms with Gasteiger partial charge in [-0.15, -0.1) is 0 Å². The maximum absolute atomic E-state index is 3.47. The fourth-order valence-corrected chi connectivity index (χ4v) is 2.14. The Morgan fingerprint density at radius 1 is 1.56 bits per heavy atom. The van der Waals surface area contributed by atoms with E-state index >= 15 is 0 Å². The van der Waals surface area contributed by atoms with Crippen molar-refractivity contribution in [2.24, 2.45) is 11.3 Å². The van der Waals surface area contributed by atoms with E-state index in [1.807, 2.05) is 0 Å². The molecule has 2 atom stereocenters. The van der Waals surface area contributed by atoms with Gasteiger partial charge in [-0.2, -0.15) is 0 Å². The highest BCUT2D eigenvalue weighted by atomic mass is 14.9. The number of hydrogen-bond donors (Lipinski definition) is 1. The Morgan fingerprint density at radius 2 is 2.33 bits per heavy atom. The van der Waals surface area contributed by atoms with Gasteiger partial charge in [0.1, 0.15) is 0 Å². The molecule has 0 amide bonds. The summed E-state index contributed by atoms with van der Waals surface area (Å²) in [6.07, 6.45) is 4.38. The molecular formula is C8H15N. The zero-order valence-corrected chi connectivity index (χ0v) is 6.11. The van der Waals surface area contributed by atoms with Gasteiger partial charge in [0.25, 0.3) is 0 Å². The molecule has 1 aliphatic carbocycles. The van der Waals surface area contributed by atoms with Crippen molar-refractivity contribution in [2.45, 2.75) is 26.2 Å². The van der Waals surface area contributed by atoms with Crippen molar-refractivity contribution >= 4 is 0 Å². The average molecular weight is 125 g/mol. The minimum atomic E-state index is 0.776. The summed E-state index contributed by atoms with van der Waals surface area (Å²) < 4.78 is 0. The Hall–Kier alpha value is -0.0400. The second-order valence-corrected chi connectivity index (χ2v) is 3.75. The first-order chi connectivity index (χ1) is 4.33. The second-order valence-electron chi connectivity index (χ2n) is 3.75. The van der Waals surface area contributed by atoms with E-state index in [0.717, 1.165) is 11.3 Å². The van der Waals surface area contributed by atoms with Gasteiger partial charge in [0.15, 0.2) is 0 Å². The Kier molecular flexibility index (Phi) is 1.10. The van der Waals surface area contributed by atoms with Crippen LogP contribution in [0.2, 0.25) is 0 Å². The van der Waals surface area contributed by atoms with E-state index in [1.54, 1.807) is 0 Å². The van der Waals surface area contributed by atoms with Gasteiger partial charge in [-0.05, 0) is 37.1 Å². The third-order valence-corrected chi connectivity index (χ3v) is 3.10. The zero-order chi connectivity index (χ0) is 6.32. The highest BCUT2D eigenvalue weighted by Crippen LogP contribution is 2.55. The van der Waals surface area contributed by atoms with E-state index in [1.165, 1.54) is 32.4 Å². The van der Waals surface area contributed by atoms with Gasteiger partial charge in [0.2, 0.25) is 0 Å². The van der Waals surface area contributed by atoms with Crippen molar-refractivity contribution in [3.63, 3.8) is 0 Å². The molecule has 52 valence electrons. The van der Waals surface area contributed by atoms with Gasteiger partial charge in [-0.3, -0.25) is 0 Å². The number of hydrogen-bond acceptors (Lipinski definition) is 1. The van der Waals surface area contributed by atoms with Crippen LogP contribution in [0.5, 0.6) is 0 Å². The quantitative estimate of drug-likeness (QED) is 0.516. The van der Waals surface area contributed by atoms with E-state index < -0.39 is 0 Å². The maximum Gasteiger partial charge on any atom is 0.00105 e. The predicted octanol–water partition coefficient (Wildman–Crippen LogP) is 1.40. The van der Waals surface area contributed by atoms with Crippen LogP contribution < -0.4 is 5.32 Å². The van der Waals surface area contributed by atoms with Gasteiger partial charge >= 0.3 is 0 Å². The lowest BCUT2D eigenvalue weighted by Gasteiger charge is -2.22. The maximum atomic E-state index is 3.47. The normalized spacial score (nSPS) is 49.7. The monoisotopic (exact) mass is 125 g/mol. The zero-order valence-electron chi connectivity index (χ0n) is 6.11. The molecule has 1 saturated carbocycles. The summed E-state index contributed by atoms with van der Waals surface area (Å²) in [6, 6.07) is 0. The highest BCUT2D eigenvalue weighted by Gasteiger charge is 2.50. The summed E-state index contributed by atoms with van der Waals surface area (Å²) in [5, 5.41) is 3.47. The first kappa shape index (κ1) is 5.72. The van der Waals surface area contributed by atoms with Crippen LogP contribution in [0, 0.1) is 11.3 Å². The molecule has 1 saturated heterocycles. The molecular weight excluding hydrogens is 110 g/mol. The molecule has 1 heteroatoms. The summed E-state index contributed by atoms with van der Waals surface area (Å²) in [6.45, 7) is 4.94. The molecule has 0 bridgehead atoms. The largest absolute Gasteiger partial charge is 0.316 e. The van der Waals surface area contributed by atoms with Crippen LogP contribution in [0.4, 0.5) is 0 Å². The minimum Gasteiger partial charge on any atom is -0.316 e. The molecule has 0 aromatic rings. The lowest BCUT2D eigenvalue weighted by molar-refractivity contribution is 0.334. The second kappa shape index (κ2) is 1.72. The first-order valence-corrected chi connectivity index (χ1v) is 4.04. The van der Waals surface area contributed by atoms with Gasteiger partial charge < -0.3 is 5.32 Å². The van der Waals surface area contributed by atoms with E-state index in [2.05, 4.69) is 12.2 Å². The van der Waals surface area contributed by atoms with Crippen LogP contribution >= 0.6 is 0 Å². The smallest absolute Gasteiger partial charge is 0.00105 e. The molecule has 0 aromatic carbocycles. The average Bonchev–Trinajstić information content (AvgIpc) is 2.44. The molecule has 2 aliphatic rings. The molecule has 2 fully saturated rings. The number of piperidine rings is 1. The number of rotatable bonds is 0. The van der Waals surface area contributed by atoms with Crippen molar-refractivity contribution < 1.29 is 0 Å². The van der Waals surface area contributed by atoms with Crippen LogP contribution in [0.1, 0.15) is 26.2 Å². The van der Waals surface area contributed by atoms with Crippen molar-refractivity contribution in [3.05, 3.63) is 0 Å². The van der Waals surface area contributed by atoms with E-state index in [-0.39, 0.29) is 0 Å². The summed E-state index contributed by atoms with van der Waals surface area (Å²) >= 11 is 0. The van der Waals surface area contributed by atoms with E-state index in [4.69, 9.17) is 0 Å². The summed E-state index contributed by atoms with van der Waals surface area (Å²) in [7, 11) is 0. The molecule has 9 heavy (non-hydrogen) atoms. The Balaban J connectivity index is 1.97. The molecule has 0 radical (unpaired) electrons. The molecule has 0 aromatic heterocycles. The van der Waals surface area contributed by atoms with Crippen LogP contribution in [0.15, 0.2) is 0 Å². The summed E-state index contributed by atoms with van der Waals surface area (Å²) in [5.41, 5.74) is 0.776. The van der Waals surface area contributed by atoms with Crippen molar-refractivity contribution in [2.75, 3.05) is 13.1 Å². The molecule has 2 rings (SSSR count). The molecule has 1 spiro atoms. The lowest BCUT2D eigenvalue weighted by Crippen LogP contribution is -2.31. The van der Waals surface area contributed by atoms with Gasteiger partial charge in [0, 0.05) is 6.54 Å². The Bertz CT molecular complexity index is 114. The Morgan fingerprint density at radius 3 is 2.67 bits per heavy atom. The molecule has 1 unspecified atom stereocenters. The third-order valence-electron chi connectivity index (χ3n) is 3.10. The van der Waals surface area contributed by atoms with Gasteiger partial charge in [0.05, 0.1) is 0 Å². The van der Waals surface area contributed by atoms with Crippen molar-refractivity contribution in [3.8, 4) is 0 Å². The lowest BCUT2D eigenvalue weighted by atomic mass is 9.94. The minimum absolute atomic E-state index is 0.776. The fourth-order valence-electron chi connectivity index (χ4n) is 2.14. The van der Waals surface area contributed by atoms with Crippen molar-refractivity contribution in [1.82, 2.24) is 5.32 Å². The fraction of sp³-hybridized carbons (Fsp3) is 1.00. The Labute approximate surface area is 56.8 Å². The van der Waals surface area contributed by atoms with Gasteiger partial charge in [-0.1, -0.05) is 6.92 Å². The first-order valence-electron chi connectivity index (χ1n) is 4.04. The van der Waals surface area contributed by atoms with Gasteiger partial charge in [-0.25, -0.2) is 0 Å². The predicted molar refractivity (Wildman–Crippen MR) is 38.3 cm³/mol. The van der Waals surface area contributed by atoms with E-state index in [9.17, 15) is 0 Å². The van der Waals surface area contributed by atoms with Crippen LogP contribution in [0.3, 0.4) is 0 Å². The topological polar surface area (TPSA) is 12.0 Å². The molecule has 1 nitrogen and oxygen atoms in total.